The lowest BCUT2D eigenvalue weighted by Gasteiger charge is -1.94. The molecule has 5 nitrogen and oxygen atoms in total. The van der Waals surface area contributed by atoms with Gasteiger partial charge in [0, 0.05) is 18.0 Å². The fourth-order valence-corrected chi connectivity index (χ4v) is 1.32. The first-order chi connectivity index (χ1) is 7.16. The predicted octanol–water partition coefficient (Wildman–Crippen LogP) is 1.22. The zero-order valence-electron chi connectivity index (χ0n) is 7.57. The molecule has 0 radical (unpaired) electrons. The van der Waals surface area contributed by atoms with Crippen LogP contribution in [0.1, 0.15) is 10.5 Å². The van der Waals surface area contributed by atoms with Gasteiger partial charge in [-0.3, -0.25) is 14.9 Å². The van der Waals surface area contributed by atoms with Crippen LogP contribution in [0, 0.1) is 0 Å². The van der Waals surface area contributed by atoms with Crippen molar-refractivity contribution in [1.82, 2.24) is 15.2 Å². The molecule has 0 aliphatic carbocycles. The van der Waals surface area contributed by atoms with Gasteiger partial charge in [-0.05, 0) is 12.1 Å². The number of carbonyl (C=O) groups excluding carboxylic acids is 1. The Labute approximate surface area is 90.3 Å². The van der Waals surface area contributed by atoms with E-state index in [1.54, 1.807) is 18.3 Å². The van der Waals surface area contributed by atoms with E-state index in [9.17, 15) is 4.79 Å². The smallest absolute Gasteiger partial charge is 0.266 e. The third-order valence-corrected chi connectivity index (χ3v) is 2.05. The molecule has 0 fully saturated rings. The molecular weight excluding hydrogens is 216 g/mol. The highest BCUT2D eigenvalue weighted by molar-refractivity contribution is 6.30. The van der Waals surface area contributed by atoms with Gasteiger partial charge in [0.1, 0.15) is 5.69 Å². The third-order valence-electron chi connectivity index (χ3n) is 1.84. The van der Waals surface area contributed by atoms with Gasteiger partial charge in [0.2, 0.25) is 0 Å². The summed E-state index contributed by atoms with van der Waals surface area (Å²) >= 11 is 5.77. The number of nitrogens with one attached hydrogen (secondary N) is 1. The first-order valence-corrected chi connectivity index (χ1v) is 4.51. The molecule has 0 aliphatic heterocycles. The molecule has 2 rings (SSSR count). The highest BCUT2D eigenvalue weighted by Crippen LogP contribution is 2.19. The number of carbonyl (C=O) groups is 1. The molecule has 0 aromatic carbocycles. The Morgan fingerprint density at radius 3 is 2.80 bits per heavy atom. The zero-order valence-corrected chi connectivity index (χ0v) is 8.32. The molecule has 6 heteroatoms. The largest absolute Gasteiger partial charge is 0.364 e. The highest BCUT2D eigenvalue weighted by Gasteiger charge is 2.07. The quantitative estimate of drug-likeness (QED) is 0.801. The number of nitrogens with two attached hydrogens (primary N) is 1. The van der Waals surface area contributed by atoms with Crippen LogP contribution in [0.2, 0.25) is 5.02 Å². The van der Waals surface area contributed by atoms with E-state index in [0.717, 1.165) is 5.56 Å². The lowest BCUT2D eigenvalue weighted by Crippen LogP contribution is -2.10. The van der Waals surface area contributed by atoms with Gasteiger partial charge in [0.15, 0.2) is 0 Å². The summed E-state index contributed by atoms with van der Waals surface area (Å²) in [6, 6.07) is 3.26. The van der Waals surface area contributed by atoms with Crippen LogP contribution >= 0.6 is 11.6 Å². The Balaban J connectivity index is 2.41. The molecule has 0 saturated carbocycles. The number of pyridine rings is 1. The summed E-state index contributed by atoms with van der Waals surface area (Å²) in [5.41, 5.74) is 6.65. The number of halogens is 1. The second-order valence-corrected chi connectivity index (χ2v) is 3.36. The molecule has 2 aromatic rings. The number of aromatic nitrogens is 3. The summed E-state index contributed by atoms with van der Waals surface area (Å²) in [6.45, 7) is 0. The monoisotopic (exact) mass is 222 g/mol. The summed E-state index contributed by atoms with van der Waals surface area (Å²) in [5.74, 6) is -0.552. The Morgan fingerprint density at radius 1 is 1.40 bits per heavy atom. The molecule has 1 amide bonds. The average Bonchev–Trinajstić information content (AvgIpc) is 2.66. The normalized spacial score (nSPS) is 10.2. The zero-order chi connectivity index (χ0) is 10.8. The Hall–Kier alpha value is -1.88. The van der Waals surface area contributed by atoms with E-state index in [1.807, 2.05) is 0 Å². The minimum absolute atomic E-state index is 0.255. The first-order valence-electron chi connectivity index (χ1n) is 4.13. The number of rotatable bonds is 2. The fraction of sp³-hybridized carbons (Fsp3) is 0. The topological polar surface area (TPSA) is 84.7 Å². The second kappa shape index (κ2) is 3.70. The summed E-state index contributed by atoms with van der Waals surface area (Å²) in [4.78, 5) is 14.7. The Kier molecular flexibility index (Phi) is 2.39. The van der Waals surface area contributed by atoms with Crippen molar-refractivity contribution in [2.75, 3.05) is 0 Å². The molecule has 0 bridgehead atoms. The Bertz CT molecular complexity index is 508. The van der Waals surface area contributed by atoms with Crippen molar-refractivity contribution in [3.8, 4) is 11.3 Å². The van der Waals surface area contributed by atoms with Gasteiger partial charge >= 0.3 is 0 Å². The number of hydrogen-bond acceptors (Lipinski definition) is 3. The number of H-pyrrole nitrogens is 1. The van der Waals surface area contributed by atoms with Crippen molar-refractivity contribution in [2.24, 2.45) is 5.73 Å². The van der Waals surface area contributed by atoms with Crippen molar-refractivity contribution in [3.63, 3.8) is 0 Å². The second-order valence-electron chi connectivity index (χ2n) is 2.92. The lowest BCUT2D eigenvalue weighted by molar-refractivity contribution is 0.0995. The Morgan fingerprint density at radius 2 is 2.20 bits per heavy atom. The van der Waals surface area contributed by atoms with Crippen molar-refractivity contribution in [1.29, 1.82) is 0 Å². The number of hydrogen-bond donors (Lipinski definition) is 2. The van der Waals surface area contributed by atoms with Gasteiger partial charge in [-0.2, -0.15) is 5.10 Å². The summed E-state index contributed by atoms with van der Waals surface area (Å²) in [5, 5.41) is 6.96. The van der Waals surface area contributed by atoms with Gasteiger partial charge < -0.3 is 5.73 Å². The third kappa shape index (κ3) is 1.97. The van der Waals surface area contributed by atoms with Crippen molar-refractivity contribution < 1.29 is 4.79 Å². The lowest BCUT2D eigenvalue weighted by atomic mass is 10.2. The molecule has 2 heterocycles. The molecular formula is C9H7ClN4O. The molecule has 0 spiro atoms. The summed E-state index contributed by atoms with van der Waals surface area (Å²) in [6.07, 6.45) is 3.12. The van der Waals surface area contributed by atoms with Crippen molar-refractivity contribution >= 4 is 17.5 Å². The van der Waals surface area contributed by atoms with E-state index in [1.165, 1.54) is 6.20 Å². The van der Waals surface area contributed by atoms with Gasteiger partial charge in [-0.1, -0.05) is 11.6 Å². The van der Waals surface area contributed by atoms with E-state index >= 15 is 0 Å². The first kappa shape index (κ1) is 9.67. The minimum atomic E-state index is -0.552. The molecule has 0 atom stereocenters. The van der Waals surface area contributed by atoms with Crippen LogP contribution in [0.4, 0.5) is 0 Å². The molecule has 76 valence electrons. The number of aromatic amines is 1. The van der Waals surface area contributed by atoms with Crippen LogP contribution in [-0.2, 0) is 0 Å². The minimum Gasteiger partial charge on any atom is -0.364 e. The van der Waals surface area contributed by atoms with E-state index in [4.69, 9.17) is 17.3 Å². The SMILES string of the molecule is NC(=O)c1cc(-c2cncc(Cl)c2)n[nH]1. The molecule has 3 N–H and O–H groups in total. The number of nitrogens with zero attached hydrogens (tertiary/aromatic N) is 2. The van der Waals surface area contributed by atoms with Crippen LogP contribution < -0.4 is 5.73 Å². The molecule has 0 aliphatic rings. The highest BCUT2D eigenvalue weighted by atomic mass is 35.5. The standard InChI is InChI=1S/C9H7ClN4O/c10-6-1-5(3-12-4-6)7-2-8(9(11)15)14-13-7/h1-4H,(H2,11,15)(H,13,14). The van der Waals surface area contributed by atoms with Gasteiger partial charge in [-0.15, -0.1) is 0 Å². The van der Waals surface area contributed by atoms with E-state index in [-0.39, 0.29) is 5.69 Å². The van der Waals surface area contributed by atoms with Gasteiger partial charge in [-0.25, -0.2) is 0 Å². The van der Waals surface area contributed by atoms with E-state index < -0.39 is 5.91 Å². The van der Waals surface area contributed by atoms with E-state index in [2.05, 4.69) is 15.2 Å². The fourth-order valence-electron chi connectivity index (χ4n) is 1.15. The molecule has 2 aromatic heterocycles. The van der Waals surface area contributed by atoms with Crippen molar-refractivity contribution in [3.05, 3.63) is 35.2 Å². The summed E-state index contributed by atoms with van der Waals surface area (Å²) in [7, 11) is 0. The van der Waals surface area contributed by atoms with Gasteiger partial charge in [0.25, 0.3) is 5.91 Å². The van der Waals surface area contributed by atoms with Crippen LogP contribution in [0.15, 0.2) is 24.5 Å². The summed E-state index contributed by atoms with van der Waals surface area (Å²) < 4.78 is 0. The van der Waals surface area contributed by atoms with Crippen LogP contribution in [0.3, 0.4) is 0 Å². The maximum Gasteiger partial charge on any atom is 0.266 e. The van der Waals surface area contributed by atoms with Crippen LogP contribution in [0.25, 0.3) is 11.3 Å². The van der Waals surface area contributed by atoms with Gasteiger partial charge in [0.05, 0.1) is 10.7 Å². The molecule has 0 saturated heterocycles. The van der Waals surface area contributed by atoms with E-state index in [0.29, 0.717) is 10.7 Å². The predicted molar refractivity (Wildman–Crippen MR) is 55.3 cm³/mol. The average molecular weight is 223 g/mol. The van der Waals surface area contributed by atoms with Crippen molar-refractivity contribution in [2.45, 2.75) is 0 Å². The number of primary amides is 1. The molecule has 15 heavy (non-hydrogen) atoms. The van der Waals surface area contributed by atoms with Crippen LogP contribution in [-0.4, -0.2) is 21.1 Å². The maximum absolute atomic E-state index is 10.8. The van der Waals surface area contributed by atoms with Crippen LogP contribution in [0.5, 0.6) is 0 Å². The maximum atomic E-state index is 10.8. The molecule has 0 unspecified atom stereocenters. The number of amides is 1.